The van der Waals surface area contributed by atoms with E-state index in [0.29, 0.717) is 17.0 Å². The number of hydrogen-bond donors (Lipinski definition) is 2. The molecule has 0 aliphatic heterocycles. The normalized spacial score (nSPS) is 12.1. The van der Waals surface area contributed by atoms with Gasteiger partial charge in [-0.3, -0.25) is 4.79 Å². The number of halogens is 1. The van der Waals surface area contributed by atoms with Gasteiger partial charge in [-0.1, -0.05) is 61.0 Å². The van der Waals surface area contributed by atoms with E-state index in [-0.39, 0.29) is 11.7 Å². The molecule has 0 bridgehead atoms. The van der Waals surface area contributed by atoms with Gasteiger partial charge < -0.3 is 10.4 Å². The van der Waals surface area contributed by atoms with Crippen LogP contribution in [0.15, 0.2) is 60.7 Å². The molecule has 24 heavy (non-hydrogen) atoms. The van der Waals surface area contributed by atoms with Crippen molar-refractivity contribution in [2.24, 2.45) is 0 Å². The van der Waals surface area contributed by atoms with E-state index in [1.54, 1.807) is 25.1 Å². The summed E-state index contributed by atoms with van der Waals surface area (Å²) < 4.78 is 0. The summed E-state index contributed by atoms with van der Waals surface area (Å²) in [4.78, 5) is 12.1. The standard InChI is InChI=1S/C20H18ClNO2/c1-2-18(24)22-20(14-7-10-15(21)11-8-14)19-16-6-4-3-5-13(16)9-12-17(19)23/h3-12,20,23H,2H2,1H3,(H,22,24). The number of amides is 1. The number of carbonyl (C=O) groups is 1. The minimum Gasteiger partial charge on any atom is -0.508 e. The average Bonchev–Trinajstić information content (AvgIpc) is 2.61. The van der Waals surface area contributed by atoms with Crippen LogP contribution in [0.25, 0.3) is 10.8 Å². The van der Waals surface area contributed by atoms with Crippen molar-refractivity contribution in [3.63, 3.8) is 0 Å². The van der Waals surface area contributed by atoms with E-state index in [1.165, 1.54) is 0 Å². The quantitative estimate of drug-likeness (QED) is 0.716. The van der Waals surface area contributed by atoms with Crippen molar-refractivity contribution in [2.45, 2.75) is 19.4 Å². The maximum Gasteiger partial charge on any atom is 0.220 e. The zero-order valence-corrected chi connectivity index (χ0v) is 14.0. The molecule has 3 nitrogen and oxygen atoms in total. The van der Waals surface area contributed by atoms with Crippen molar-refractivity contribution in [3.05, 3.63) is 76.8 Å². The third kappa shape index (κ3) is 3.22. The second kappa shape index (κ2) is 6.93. The van der Waals surface area contributed by atoms with Crippen molar-refractivity contribution in [1.82, 2.24) is 5.32 Å². The number of phenols is 1. The molecule has 0 aromatic heterocycles. The molecule has 3 rings (SSSR count). The summed E-state index contributed by atoms with van der Waals surface area (Å²) in [6.45, 7) is 1.80. The van der Waals surface area contributed by atoms with Crippen molar-refractivity contribution in [3.8, 4) is 5.75 Å². The Bertz CT molecular complexity index is 874. The summed E-state index contributed by atoms with van der Waals surface area (Å²) in [5, 5.41) is 16.1. The molecule has 0 aliphatic rings. The summed E-state index contributed by atoms with van der Waals surface area (Å²) in [5.74, 6) is 0.0762. The van der Waals surface area contributed by atoms with Gasteiger partial charge in [0, 0.05) is 17.0 Å². The van der Waals surface area contributed by atoms with Gasteiger partial charge in [-0.2, -0.15) is 0 Å². The molecule has 0 saturated heterocycles. The Balaban J connectivity index is 2.20. The topological polar surface area (TPSA) is 49.3 Å². The lowest BCUT2D eigenvalue weighted by molar-refractivity contribution is -0.121. The van der Waals surface area contributed by atoms with E-state index < -0.39 is 6.04 Å². The third-order valence-corrected chi connectivity index (χ3v) is 4.32. The monoisotopic (exact) mass is 339 g/mol. The Hall–Kier alpha value is -2.52. The number of rotatable bonds is 4. The predicted molar refractivity (Wildman–Crippen MR) is 97.3 cm³/mol. The Morgan fingerprint density at radius 1 is 1.08 bits per heavy atom. The van der Waals surface area contributed by atoms with Crippen LogP contribution < -0.4 is 5.32 Å². The van der Waals surface area contributed by atoms with Crippen LogP contribution in [0, 0.1) is 0 Å². The highest BCUT2D eigenvalue weighted by molar-refractivity contribution is 6.30. The Morgan fingerprint density at radius 2 is 1.79 bits per heavy atom. The molecule has 0 saturated carbocycles. The zero-order chi connectivity index (χ0) is 17.1. The number of hydrogen-bond acceptors (Lipinski definition) is 2. The number of benzene rings is 3. The van der Waals surface area contributed by atoms with E-state index in [2.05, 4.69) is 5.32 Å². The molecule has 3 aromatic rings. The molecule has 0 spiro atoms. The SMILES string of the molecule is CCC(=O)NC(c1ccc(Cl)cc1)c1c(O)ccc2ccccc12. The number of phenolic OH excluding ortho intramolecular Hbond substituents is 1. The van der Waals surface area contributed by atoms with Crippen molar-refractivity contribution >= 4 is 28.3 Å². The molecular formula is C20H18ClNO2. The fourth-order valence-electron chi connectivity index (χ4n) is 2.83. The summed E-state index contributed by atoms with van der Waals surface area (Å²) in [6.07, 6.45) is 0.371. The summed E-state index contributed by atoms with van der Waals surface area (Å²) >= 11 is 5.98. The van der Waals surface area contributed by atoms with E-state index in [1.807, 2.05) is 42.5 Å². The lowest BCUT2D eigenvalue weighted by atomic mass is 9.92. The number of carbonyl (C=O) groups excluding carboxylic acids is 1. The van der Waals surface area contributed by atoms with Gasteiger partial charge in [-0.15, -0.1) is 0 Å². The molecule has 1 amide bonds. The molecule has 3 aromatic carbocycles. The Morgan fingerprint density at radius 3 is 2.50 bits per heavy atom. The molecule has 0 fully saturated rings. The second-order valence-corrected chi connectivity index (χ2v) is 6.06. The zero-order valence-electron chi connectivity index (χ0n) is 13.3. The summed E-state index contributed by atoms with van der Waals surface area (Å²) in [5.41, 5.74) is 1.56. The van der Waals surface area contributed by atoms with Crippen LogP contribution >= 0.6 is 11.6 Å². The first-order chi connectivity index (χ1) is 11.6. The molecule has 0 aliphatic carbocycles. The first-order valence-corrected chi connectivity index (χ1v) is 8.23. The van der Waals surface area contributed by atoms with Gasteiger partial charge in [0.25, 0.3) is 0 Å². The highest BCUT2D eigenvalue weighted by atomic mass is 35.5. The number of nitrogens with one attached hydrogen (secondary N) is 1. The third-order valence-electron chi connectivity index (χ3n) is 4.07. The lowest BCUT2D eigenvalue weighted by Gasteiger charge is -2.22. The summed E-state index contributed by atoms with van der Waals surface area (Å²) in [7, 11) is 0. The van der Waals surface area contributed by atoms with Crippen LogP contribution in [0.2, 0.25) is 5.02 Å². The fraction of sp³-hybridized carbons (Fsp3) is 0.150. The van der Waals surface area contributed by atoms with E-state index >= 15 is 0 Å². The van der Waals surface area contributed by atoms with Gasteiger partial charge in [-0.25, -0.2) is 0 Å². The number of fused-ring (bicyclic) bond motifs is 1. The van der Waals surface area contributed by atoms with E-state index in [4.69, 9.17) is 11.6 Å². The van der Waals surface area contributed by atoms with Crippen molar-refractivity contribution in [1.29, 1.82) is 0 Å². The Labute approximate surface area is 145 Å². The largest absolute Gasteiger partial charge is 0.508 e. The van der Waals surface area contributed by atoms with E-state index in [0.717, 1.165) is 16.3 Å². The molecule has 122 valence electrons. The van der Waals surface area contributed by atoms with E-state index in [9.17, 15) is 9.90 Å². The average molecular weight is 340 g/mol. The van der Waals surface area contributed by atoms with Gasteiger partial charge >= 0.3 is 0 Å². The van der Waals surface area contributed by atoms with Gasteiger partial charge in [0.1, 0.15) is 5.75 Å². The molecule has 4 heteroatoms. The molecular weight excluding hydrogens is 322 g/mol. The molecule has 1 atom stereocenters. The minimum absolute atomic E-state index is 0.0812. The summed E-state index contributed by atoms with van der Waals surface area (Å²) in [6, 6.07) is 18.2. The fourth-order valence-corrected chi connectivity index (χ4v) is 2.95. The van der Waals surface area contributed by atoms with Gasteiger partial charge in [0.15, 0.2) is 0 Å². The van der Waals surface area contributed by atoms with Crippen LogP contribution in [0.5, 0.6) is 5.75 Å². The number of aromatic hydroxyl groups is 1. The van der Waals surface area contributed by atoms with Gasteiger partial charge in [0.2, 0.25) is 5.91 Å². The molecule has 1 unspecified atom stereocenters. The predicted octanol–water partition coefficient (Wildman–Crippen LogP) is 4.81. The van der Waals surface area contributed by atoms with Crippen molar-refractivity contribution < 1.29 is 9.90 Å². The van der Waals surface area contributed by atoms with Crippen LogP contribution in [0.1, 0.15) is 30.5 Å². The van der Waals surface area contributed by atoms with Crippen LogP contribution in [-0.4, -0.2) is 11.0 Å². The van der Waals surface area contributed by atoms with Crippen LogP contribution in [-0.2, 0) is 4.79 Å². The molecule has 0 radical (unpaired) electrons. The molecule has 0 heterocycles. The lowest BCUT2D eigenvalue weighted by Crippen LogP contribution is -2.28. The Kier molecular flexibility index (Phi) is 4.72. The first-order valence-electron chi connectivity index (χ1n) is 7.85. The first kappa shape index (κ1) is 16.3. The van der Waals surface area contributed by atoms with Crippen LogP contribution in [0.3, 0.4) is 0 Å². The van der Waals surface area contributed by atoms with Crippen molar-refractivity contribution in [2.75, 3.05) is 0 Å². The smallest absolute Gasteiger partial charge is 0.220 e. The maximum absolute atomic E-state index is 12.1. The highest BCUT2D eigenvalue weighted by Gasteiger charge is 2.22. The minimum atomic E-state index is -0.444. The highest BCUT2D eigenvalue weighted by Crippen LogP contribution is 2.36. The second-order valence-electron chi connectivity index (χ2n) is 5.63. The van der Waals surface area contributed by atoms with Gasteiger partial charge in [-0.05, 0) is 34.5 Å². The molecule has 2 N–H and O–H groups in total. The van der Waals surface area contributed by atoms with Crippen LogP contribution in [0.4, 0.5) is 0 Å². The van der Waals surface area contributed by atoms with Gasteiger partial charge in [0.05, 0.1) is 6.04 Å². The maximum atomic E-state index is 12.1.